The minimum Gasteiger partial charge on any atom is -0.278 e. The minimum atomic E-state index is 0.383. The summed E-state index contributed by atoms with van der Waals surface area (Å²) in [6.07, 6.45) is 3.52. The normalized spacial score (nSPS) is 11.6. The van der Waals surface area contributed by atoms with Crippen molar-refractivity contribution in [2.24, 2.45) is 0 Å². The van der Waals surface area contributed by atoms with Crippen LogP contribution in [0.4, 0.5) is 0 Å². The molecule has 0 saturated carbocycles. The van der Waals surface area contributed by atoms with Gasteiger partial charge in [0, 0.05) is 10.8 Å². The molecule has 2 aromatic carbocycles. The maximum Gasteiger partial charge on any atom is 0.116 e. The summed E-state index contributed by atoms with van der Waals surface area (Å²) < 4.78 is 0. The molecule has 4 aromatic rings. The monoisotopic (exact) mass is 288 g/mol. The molecule has 0 aliphatic carbocycles. The van der Waals surface area contributed by atoms with Gasteiger partial charge in [-0.3, -0.25) is 5.10 Å². The molecule has 22 heavy (non-hydrogen) atoms. The lowest BCUT2D eigenvalue weighted by molar-refractivity contribution is 0.828. The van der Waals surface area contributed by atoms with Crippen molar-refractivity contribution < 1.29 is 0 Å². The zero-order valence-corrected chi connectivity index (χ0v) is 12.5. The van der Waals surface area contributed by atoms with Gasteiger partial charge in [-0.1, -0.05) is 38.1 Å². The second-order valence-corrected chi connectivity index (χ2v) is 5.78. The molecule has 0 amide bonds. The van der Waals surface area contributed by atoms with Crippen LogP contribution in [0.1, 0.15) is 25.5 Å². The van der Waals surface area contributed by atoms with Crippen LogP contribution in [0.5, 0.6) is 0 Å². The highest BCUT2D eigenvalue weighted by molar-refractivity contribution is 5.96. The molecule has 0 unspecified atom stereocenters. The molecule has 2 aromatic heterocycles. The van der Waals surface area contributed by atoms with E-state index in [2.05, 4.69) is 58.3 Å². The Morgan fingerprint density at radius 2 is 1.91 bits per heavy atom. The summed E-state index contributed by atoms with van der Waals surface area (Å²) in [6, 6.07) is 12.6. The van der Waals surface area contributed by atoms with Crippen LogP contribution in [0.25, 0.3) is 32.9 Å². The van der Waals surface area contributed by atoms with Crippen LogP contribution in [-0.2, 0) is 0 Å². The van der Waals surface area contributed by atoms with Gasteiger partial charge in [0.05, 0.1) is 22.9 Å². The fourth-order valence-corrected chi connectivity index (χ4v) is 2.93. The largest absolute Gasteiger partial charge is 0.278 e. The molecule has 1 N–H and O–H groups in total. The summed E-state index contributed by atoms with van der Waals surface area (Å²) in [5.41, 5.74) is 5.43. The van der Waals surface area contributed by atoms with Gasteiger partial charge in [-0.2, -0.15) is 5.10 Å². The average molecular weight is 288 g/mol. The van der Waals surface area contributed by atoms with Crippen molar-refractivity contribution in [3.63, 3.8) is 0 Å². The Balaban J connectivity index is 1.95. The SMILES string of the molecule is CC(C)c1ncnc2cc(-c3cccc4[nH]ncc34)ccc12. The van der Waals surface area contributed by atoms with Crippen molar-refractivity contribution in [2.75, 3.05) is 0 Å². The highest BCUT2D eigenvalue weighted by atomic mass is 15.1. The van der Waals surface area contributed by atoms with E-state index in [1.807, 2.05) is 18.3 Å². The van der Waals surface area contributed by atoms with Crippen molar-refractivity contribution in [1.82, 2.24) is 20.2 Å². The average Bonchev–Trinajstić information content (AvgIpc) is 3.02. The minimum absolute atomic E-state index is 0.383. The highest BCUT2D eigenvalue weighted by Gasteiger charge is 2.10. The van der Waals surface area contributed by atoms with Crippen LogP contribution in [0.3, 0.4) is 0 Å². The summed E-state index contributed by atoms with van der Waals surface area (Å²) in [4.78, 5) is 8.87. The summed E-state index contributed by atoms with van der Waals surface area (Å²) in [5.74, 6) is 0.383. The molecule has 0 bridgehead atoms. The number of hydrogen-bond donors (Lipinski definition) is 1. The molecule has 0 fully saturated rings. The van der Waals surface area contributed by atoms with Gasteiger partial charge in [0.25, 0.3) is 0 Å². The lowest BCUT2D eigenvalue weighted by Gasteiger charge is -2.10. The highest BCUT2D eigenvalue weighted by Crippen LogP contribution is 2.31. The van der Waals surface area contributed by atoms with Gasteiger partial charge in [0.1, 0.15) is 6.33 Å². The van der Waals surface area contributed by atoms with Crippen LogP contribution < -0.4 is 0 Å². The van der Waals surface area contributed by atoms with Gasteiger partial charge in [-0.05, 0) is 29.2 Å². The third-order valence-corrected chi connectivity index (χ3v) is 4.01. The molecule has 2 heterocycles. The van der Waals surface area contributed by atoms with Crippen LogP contribution in [0, 0.1) is 0 Å². The van der Waals surface area contributed by atoms with Crippen LogP contribution in [0.15, 0.2) is 48.9 Å². The van der Waals surface area contributed by atoms with Crippen molar-refractivity contribution in [3.05, 3.63) is 54.6 Å². The Kier molecular flexibility index (Phi) is 2.89. The summed E-state index contributed by atoms with van der Waals surface area (Å²) >= 11 is 0. The van der Waals surface area contributed by atoms with Crippen molar-refractivity contribution in [2.45, 2.75) is 19.8 Å². The van der Waals surface area contributed by atoms with E-state index in [0.717, 1.165) is 38.6 Å². The van der Waals surface area contributed by atoms with E-state index in [-0.39, 0.29) is 0 Å². The number of rotatable bonds is 2. The van der Waals surface area contributed by atoms with E-state index in [4.69, 9.17) is 0 Å². The van der Waals surface area contributed by atoms with Gasteiger partial charge in [0.2, 0.25) is 0 Å². The Morgan fingerprint density at radius 1 is 1.00 bits per heavy atom. The van der Waals surface area contributed by atoms with Gasteiger partial charge >= 0.3 is 0 Å². The second-order valence-electron chi connectivity index (χ2n) is 5.78. The molecule has 4 nitrogen and oxygen atoms in total. The number of H-pyrrole nitrogens is 1. The standard InChI is InChI=1S/C18H16N4/c1-11(2)18-14-7-6-12(8-17(14)19-10-20-18)13-4-3-5-16-15(13)9-21-22-16/h3-11H,1-2H3,(H,21,22). The number of hydrogen-bond acceptors (Lipinski definition) is 3. The van der Waals surface area contributed by atoms with E-state index < -0.39 is 0 Å². The molecule has 4 heteroatoms. The summed E-state index contributed by atoms with van der Waals surface area (Å²) in [6.45, 7) is 4.31. The van der Waals surface area contributed by atoms with E-state index >= 15 is 0 Å². The quantitative estimate of drug-likeness (QED) is 0.598. The third kappa shape index (κ3) is 1.96. The maximum absolute atomic E-state index is 4.44. The Hall–Kier alpha value is -2.75. The predicted molar refractivity (Wildman–Crippen MR) is 88.7 cm³/mol. The van der Waals surface area contributed by atoms with Crippen molar-refractivity contribution >= 4 is 21.8 Å². The number of nitrogens with one attached hydrogen (secondary N) is 1. The van der Waals surface area contributed by atoms with Crippen molar-refractivity contribution in [1.29, 1.82) is 0 Å². The van der Waals surface area contributed by atoms with E-state index in [1.165, 1.54) is 0 Å². The predicted octanol–water partition coefficient (Wildman–Crippen LogP) is 4.30. The molecule has 0 radical (unpaired) electrons. The van der Waals surface area contributed by atoms with E-state index in [9.17, 15) is 0 Å². The molecule has 4 rings (SSSR count). The molecule has 0 atom stereocenters. The Bertz CT molecular complexity index is 969. The zero-order chi connectivity index (χ0) is 15.1. The first-order valence-electron chi connectivity index (χ1n) is 7.41. The van der Waals surface area contributed by atoms with E-state index in [0.29, 0.717) is 5.92 Å². The number of fused-ring (bicyclic) bond motifs is 2. The maximum atomic E-state index is 4.44. The van der Waals surface area contributed by atoms with Gasteiger partial charge in [-0.15, -0.1) is 0 Å². The van der Waals surface area contributed by atoms with Crippen LogP contribution >= 0.6 is 0 Å². The van der Waals surface area contributed by atoms with Crippen LogP contribution in [-0.4, -0.2) is 20.2 Å². The lowest BCUT2D eigenvalue weighted by atomic mass is 9.98. The molecular weight excluding hydrogens is 272 g/mol. The van der Waals surface area contributed by atoms with E-state index in [1.54, 1.807) is 6.33 Å². The topological polar surface area (TPSA) is 54.5 Å². The molecule has 0 saturated heterocycles. The van der Waals surface area contributed by atoms with Gasteiger partial charge in [-0.25, -0.2) is 9.97 Å². The third-order valence-electron chi connectivity index (χ3n) is 4.01. The molecule has 0 aliphatic heterocycles. The lowest BCUT2D eigenvalue weighted by Crippen LogP contribution is -1.95. The summed E-state index contributed by atoms with van der Waals surface area (Å²) in [7, 11) is 0. The van der Waals surface area contributed by atoms with Crippen molar-refractivity contribution in [3.8, 4) is 11.1 Å². The molecule has 108 valence electrons. The van der Waals surface area contributed by atoms with Gasteiger partial charge in [0.15, 0.2) is 0 Å². The second kappa shape index (κ2) is 4.91. The first-order chi connectivity index (χ1) is 10.7. The molecule has 0 spiro atoms. The first-order valence-corrected chi connectivity index (χ1v) is 7.41. The number of benzene rings is 2. The van der Waals surface area contributed by atoms with Gasteiger partial charge < -0.3 is 0 Å². The smallest absolute Gasteiger partial charge is 0.116 e. The Labute approximate surface area is 128 Å². The molecular formula is C18H16N4. The zero-order valence-electron chi connectivity index (χ0n) is 12.5. The first kappa shape index (κ1) is 13.0. The van der Waals surface area contributed by atoms with Crippen LogP contribution in [0.2, 0.25) is 0 Å². The summed E-state index contributed by atoms with van der Waals surface area (Å²) in [5, 5.41) is 9.40. The number of nitrogens with zero attached hydrogens (tertiary/aromatic N) is 3. The fourth-order valence-electron chi connectivity index (χ4n) is 2.93. The Morgan fingerprint density at radius 3 is 2.77 bits per heavy atom. The number of aromatic nitrogens is 4. The molecule has 0 aliphatic rings. The number of aromatic amines is 1. The fraction of sp³-hybridized carbons (Fsp3) is 0.167.